The van der Waals surface area contributed by atoms with Crippen LogP contribution < -0.4 is 5.73 Å². The molecule has 3 aromatic rings. The maximum Gasteiger partial charge on any atom is 0.269 e. The summed E-state index contributed by atoms with van der Waals surface area (Å²) >= 11 is 0. The van der Waals surface area contributed by atoms with Gasteiger partial charge in [-0.05, 0) is 24.3 Å². The quantitative estimate of drug-likeness (QED) is 0.483. The van der Waals surface area contributed by atoms with Crippen molar-refractivity contribution in [3.05, 3.63) is 59.8 Å². The highest BCUT2D eigenvalue weighted by Gasteiger charge is 2.15. The Hall–Kier alpha value is -4.07. The monoisotopic (exact) mass is 402 g/mol. The summed E-state index contributed by atoms with van der Waals surface area (Å²) in [6.07, 6.45) is 8.24. The minimum Gasteiger partial charge on any atom is -0.380 e. The van der Waals surface area contributed by atoms with Crippen molar-refractivity contribution in [2.45, 2.75) is 12.5 Å². The molecule has 0 fully saturated rings. The summed E-state index contributed by atoms with van der Waals surface area (Å²) in [6, 6.07) is 14.7. The summed E-state index contributed by atoms with van der Waals surface area (Å²) in [4.78, 5) is 23.7. The number of rotatable bonds is 6. The van der Waals surface area contributed by atoms with Crippen LogP contribution in [-0.2, 0) is 4.79 Å². The van der Waals surface area contributed by atoms with Crippen LogP contribution in [0.15, 0.2) is 48.5 Å². The number of fused-ring (bicyclic) bond motifs is 1. The van der Waals surface area contributed by atoms with Crippen molar-refractivity contribution >= 4 is 23.2 Å². The number of hydrogen-bond donors (Lipinski definition) is 2. The van der Waals surface area contributed by atoms with Crippen LogP contribution in [0.3, 0.4) is 0 Å². The van der Waals surface area contributed by atoms with Gasteiger partial charge < -0.3 is 15.7 Å². The Kier molecular flexibility index (Phi) is 7.75. The van der Waals surface area contributed by atoms with Crippen LogP contribution in [0.25, 0.3) is 16.6 Å². The number of carbonyl (C=O) groups excluding carboxylic acids is 2. The van der Waals surface area contributed by atoms with E-state index in [9.17, 15) is 14.7 Å². The normalized spacial score (nSPS) is 10.8. The van der Waals surface area contributed by atoms with Crippen molar-refractivity contribution in [3.8, 4) is 30.4 Å². The van der Waals surface area contributed by atoms with Crippen molar-refractivity contribution in [2.24, 2.45) is 5.73 Å². The molecule has 1 aromatic heterocycles. The van der Waals surface area contributed by atoms with Gasteiger partial charge in [0.25, 0.3) is 5.91 Å². The Morgan fingerprint density at radius 2 is 2.03 bits per heavy atom. The van der Waals surface area contributed by atoms with Gasteiger partial charge in [0.05, 0.1) is 11.2 Å². The summed E-state index contributed by atoms with van der Waals surface area (Å²) in [6.45, 7) is 0.425. The van der Waals surface area contributed by atoms with E-state index in [0.29, 0.717) is 30.3 Å². The molecule has 0 radical (unpaired) electrons. The van der Waals surface area contributed by atoms with Crippen LogP contribution in [0, 0.1) is 24.7 Å². The van der Waals surface area contributed by atoms with Crippen molar-refractivity contribution in [1.29, 1.82) is 0 Å². The van der Waals surface area contributed by atoms with Gasteiger partial charge in [0.15, 0.2) is 5.69 Å². The van der Waals surface area contributed by atoms with Crippen molar-refractivity contribution in [2.75, 3.05) is 13.6 Å². The first-order valence-corrected chi connectivity index (χ1v) is 9.06. The van der Waals surface area contributed by atoms with Crippen LogP contribution in [0.5, 0.6) is 0 Å². The van der Waals surface area contributed by atoms with Crippen LogP contribution >= 0.6 is 0 Å². The first kappa shape index (κ1) is 22.2. The van der Waals surface area contributed by atoms with E-state index < -0.39 is 12.0 Å². The second-order valence-corrected chi connectivity index (χ2v) is 6.35. The Morgan fingerprint density at radius 1 is 1.30 bits per heavy atom. The topological polar surface area (TPSA) is 101 Å². The fourth-order valence-electron chi connectivity index (χ4n) is 2.78. The van der Waals surface area contributed by atoms with Crippen molar-refractivity contribution < 1.29 is 14.7 Å². The van der Waals surface area contributed by atoms with Gasteiger partial charge in [-0.3, -0.25) is 9.59 Å². The highest BCUT2D eigenvalue weighted by Crippen LogP contribution is 2.22. The zero-order chi connectivity index (χ0) is 22.1. The molecule has 3 N–H and O–H groups in total. The van der Waals surface area contributed by atoms with Gasteiger partial charge in [0, 0.05) is 31.0 Å². The third-order valence-corrected chi connectivity index (χ3v) is 4.23. The molecule has 3 rings (SSSR count). The van der Waals surface area contributed by atoms with Crippen molar-refractivity contribution in [1.82, 2.24) is 14.7 Å². The molecule has 1 heterocycles. The zero-order valence-corrected chi connectivity index (χ0v) is 16.5. The van der Waals surface area contributed by atoms with E-state index in [2.05, 4.69) is 29.8 Å². The molecule has 7 heteroatoms. The lowest BCUT2D eigenvalue weighted by molar-refractivity contribution is -0.117. The Labute approximate surface area is 175 Å². The number of hydrogen-bond acceptors (Lipinski definition) is 4. The Morgan fingerprint density at radius 3 is 2.73 bits per heavy atom. The molecule has 152 valence electrons. The third-order valence-electron chi connectivity index (χ3n) is 4.23. The average Bonchev–Trinajstić information content (AvgIpc) is 3.17. The van der Waals surface area contributed by atoms with E-state index in [1.54, 1.807) is 17.8 Å². The number of aromatic nitrogens is 2. The van der Waals surface area contributed by atoms with Crippen molar-refractivity contribution in [3.63, 3.8) is 0 Å². The standard InChI is InChI=1S/C21H20N4O3.C2H2/c1-24(14-26)12-11-17(27)10-9-15-5-4-6-16(13-15)25-19-8-3-2-7-18(19)20(23-25)21(22)28;1-2/h2-8,13-14,17,27H,11-12H2,1H3,(H2,22,28);1-2H/t17-;/m1./s1. The molecular weight excluding hydrogens is 380 g/mol. The summed E-state index contributed by atoms with van der Waals surface area (Å²) in [7, 11) is 1.64. The van der Waals surface area contributed by atoms with Crippen LogP contribution in [0.2, 0.25) is 0 Å². The molecular formula is C23H22N4O3. The van der Waals surface area contributed by atoms with E-state index >= 15 is 0 Å². The van der Waals surface area contributed by atoms with Crippen LogP contribution in [0.4, 0.5) is 0 Å². The maximum atomic E-state index is 11.7. The predicted molar refractivity (Wildman–Crippen MR) is 116 cm³/mol. The minimum absolute atomic E-state index is 0.210. The number of terminal acetylenes is 1. The average molecular weight is 402 g/mol. The molecule has 0 aliphatic carbocycles. The van der Waals surface area contributed by atoms with Crippen LogP contribution in [0.1, 0.15) is 22.5 Å². The fourth-order valence-corrected chi connectivity index (χ4v) is 2.78. The smallest absolute Gasteiger partial charge is 0.269 e. The van der Waals surface area contributed by atoms with E-state index in [0.717, 1.165) is 11.2 Å². The minimum atomic E-state index is -0.835. The summed E-state index contributed by atoms with van der Waals surface area (Å²) in [5.74, 6) is 5.12. The number of nitrogens with two attached hydrogens (primary N) is 1. The van der Waals surface area contributed by atoms with E-state index in [1.807, 2.05) is 42.5 Å². The van der Waals surface area contributed by atoms with Crippen LogP contribution in [-0.4, -0.2) is 51.8 Å². The molecule has 0 saturated carbocycles. The second-order valence-electron chi connectivity index (χ2n) is 6.35. The summed E-state index contributed by atoms with van der Waals surface area (Å²) < 4.78 is 1.65. The number of amides is 2. The van der Waals surface area contributed by atoms with Gasteiger partial charge in [-0.1, -0.05) is 36.1 Å². The van der Waals surface area contributed by atoms with Gasteiger partial charge in [0.2, 0.25) is 6.41 Å². The number of benzene rings is 2. The highest BCUT2D eigenvalue weighted by molar-refractivity contribution is 6.04. The Balaban J connectivity index is 0.00000155. The van der Waals surface area contributed by atoms with E-state index in [4.69, 9.17) is 5.73 Å². The predicted octanol–water partition coefficient (Wildman–Crippen LogP) is 1.56. The highest BCUT2D eigenvalue weighted by atomic mass is 16.3. The molecule has 0 unspecified atom stereocenters. The number of primary amides is 1. The molecule has 0 aliphatic rings. The SMILES string of the molecule is C#C.CN(C=O)CC[C@H](O)C#Cc1cccc(-n2nc(C(N)=O)c3ccccc32)c1. The Bertz CT molecular complexity index is 1120. The number of aliphatic hydroxyl groups excluding tert-OH is 1. The first-order valence-electron chi connectivity index (χ1n) is 9.06. The number of aliphatic hydroxyl groups is 1. The van der Waals surface area contributed by atoms with E-state index in [-0.39, 0.29) is 5.69 Å². The molecule has 2 aromatic carbocycles. The lowest BCUT2D eigenvalue weighted by Crippen LogP contribution is -2.21. The molecule has 2 amide bonds. The van der Waals surface area contributed by atoms with E-state index in [1.165, 1.54) is 4.90 Å². The maximum absolute atomic E-state index is 11.7. The lowest BCUT2D eigenvalue weighted by atomic mass is 10.1. The largest absolute Gasteiger partial charge is 0.380 e. The first-order chi connectivity index (χ1) is 14.5. The molecule has 0 spiro atoms. The van der Waals surface area contributed by atoms with Gasteiger partial charge in [-0.2, -0.15) is 5.10 Å². The number of carbonyl (C=O) groups is 2. The van der Waals surface area contributed by atoms with Gasteiger partial charge in [0.1, 0.15) is 6.10 Å². The van der Waals surface area contributed by atoms with Gasteiger partial charge in [-0.25, -0.2) is 4.68 Å². The lowest BCUT2D eigenvalue weighted by Gasteiger charge is -2.10. The zero-order valence-electron chi connectivity index (χ0n) is 16.5. The number of nitrogens with zero attached hydrogens (tertiary/aromatic N) is 3. The molecule has 30 heavy (non-hydrogen) atoms. The third kappa shape index (κ3) is 5.26. The summed E-state index contributed by atoms with van der Waals surface area (Å²) in [5.41, 5.74) is 7.85. The molecule has 0 aliphatic heterocycles. The molecule has 0 bridgehead atoms. The fraction of sp³-hybridized carbons (Fsp3) is 0.174. The number of para-hydroxylation sites is 1. The second kappa shape index (κ2) is 10.5. The summed E-state index contributed by atoms with van der Waals surface area (Å²) in [5, 5.41) is 15.0. The molecule has 1 atom stereocenters. The molecule has 7 nitrogen and oxygen atoms in total. The van der Waals surface area contributed by atoms with Gasteiger partial charge >= 0.3 is 0 Å². The molecule has 0 saturated heterocycles. The van der Waals surface area contributed by atoms with Gasteiger partial charge in [-0.15, -0.1) is 12.8 Å².